The average molecular weight is 611 g/mol. The number of ether oxygens (including phenoxy) is 3. The number of unbranched alkanes of at least 4 members (excludes halogenated alkanes) is 3. The van der Waals surface area contributed by atoms with Crippen LogP contribution in [0.3, 0.4) is 0 Å². The van der Waals surface area contributed by atoms with E-state index in [1.54, 1.807) is 17.7 Å². The molecule has 45 heavy (non-hydrogen) atoms. The first-order valence-electron chi connectivity index (χ1n) is 15.1. The molecular weight excluding hydrogens is 572 g/mol. The van der Waals surface area contributed by atoms with Gasteiger partial charge in [0.25, 0.3) is 11.8 Å². The third-order valence-corrected chi connectivity index (χ3v) is 7.28. The minimum absolute atomic E-state index is 0.0218. The summed E-state index contributed by atoms with van der Waals surface area (Å²) in [5.41, 5.74) is 3.30. The number of benzene rings is 2. The molecule has 2 aromatic carbocycles. The van der Waals surface area contributed by atoms with Crippen molar-refractivity contribution in [3.63, 3.8) is 0 Å². The first-order valence-corrected chi connectivity index (χ1v) is 15.1. The number of esters is 1. The first kappa shape index (κ1) is 32.9. The van der Waals surface area contributed by atoms with E-state index in [4.69, 9.17) is 19.3 Å². The van der Waals surface area contributed by atoms with Crippen LogP contribution in [0.1, 0.15) is 52.0 Å². The van der Waals surface area contributed by atoms with Gasteiger partial charge < -0.3 is 14.2 Å². The zero-order valence-corrected chi connectivity index (χ0v) is 26.0. The van der Waals surface area contributed by atoms with Crippen molar-refractivity contribution in [1.29, 1.82) is 5.26 Å². The fourth-order valence-corrected chi connectivity index (χ4v) is 4.85. The number of aromatic nitrogens is 2. The summed E-state index contributed by atoms with van der Waals surface area (Å²) in [6.07, 6.45) is 7.99. The maximum absolute atomic E-state index is 13.7. The van der Waals surface area contributed by atoms with Crippen molar-refractivity contribution < 1.29 is 28.6 Å². The van der Waals surface area contributed by atoms with E-state index < -0.39 is 17.8 Å². The highest BCUT2D eigenvalue weighted by Crippen LogP contribution is 2.32. The standard InChI is InChI=1S/C35H38N4O6/c1-4-5-6-10-18-45-30-15-13-27(14-16-30)33-28(24-39(37-33)29-11-8-7-9-12-29)22-31-25(2)32(23-36)35(42)38(34(31)41)17-19-43-20-21-44-26(3)40/h7-9,11-16,22,24H,4-6,10,17-21H2,1-3H3/b31-22+. The molecule has 0 unspecified atom stereocenters. The van der Waals surface area contributed by atoms with Gasteiger partial charge in [-0.15, -0.1) is 0 Å². The van der Waals surface area contributed by atoms with Gasteiger partial charge >= 0.3 is 5.97 Å². The predicted octanol–water partition coefficient (Wildman–Crippen LogP) is 5.67. The largest absolute Gasteiger partial charge is 0.494 e. The average Bonchev–Trinajstić information content (AvgIpc) is 3.47. The molecule has 1 aliphatic heterocycles. The van der Waals surface area contributed by atoms with Gasteiger partial charge in [-0.25, -0.2) is 4.68 Å². The number of amides is 2. The summed E-state index contributed by atoms with van der Waals surface area (Å²) in [6, 6.07) is 19.2. The summed E-state index contributed by atoms with van der Waals surface area (Å²) in [5.74, 6) is -0.871. The molecular formula is C35H38N4O6. The Bertz CT molecular complexity index is 1600. The van der Waals surface area contributed by atoms with Crippen molar-refractivity contribution in [3.8, 4) is 28.8 Å². The Morgan fingerprint density at radius 2 is 1.71 bits per heavy atom. The van der Waals surface area contributed by atoms with Crippen molar-refractivity contribution in [2.75, 3.05) is 33.0 Å². The predicted molar refractivity (Wildman–Crippen MR) is 169 cm³/mol. The summed E-state index contributed by atoms with van der Waals surface area (Å²) >= 11 is 0. The van der Waals surface area contributed by atoms with Crippen molar-refractivity contribution in [2.24, 2.45) is 0 Å². The summed E-state index contributed by atoms with van der Waals surface area (Å²) in [7, 11) is 0. The van der Waals surface area contributed by atoms with E-state index in [9.17, 15) is 19.6 Å². The maximum Gasteiger partial charge on any atom is 0.302 e. The van der Waals surface area contributed by atoms with Crippen LogP contribution in [0.15, 0.2) is 77.5 Å². The first-order chi connectivity index (χ1) is 21.8. The number of rotatable bonds is 15. The van der Waals surface area contributed by atoms with Crippen LogP contribution in [-0.4, -0.2) is 65.4 Å². The molecule has 4 rings (SSSR count). The summed E-state index contributed by atoms with van der Waals surface area (Å²) in [5, 5.41) is 14.7. The topological polar surface area (TPSA) is 124 Å². The van der Waals surface area contributed by atoms with Gasteiger partial charge in [0.15, 0.2) is 0 Å². The van der Waals surface area contributed by atoms with Crippen molar-refractivity contribution >= 4 is 23.9 Å². The molecule has 0 fully saturated rings. The highest BCUT2D eigenvalue weighted by molar-refractivity contribution is 6.19. The second kappa shape index (κ2) is 16.2. The minimum atomic E-state index is -0.675. The van der Waals surface area contributed by atoms with Gasteiger partial charge in [-0.1, -0.05) is 44.4 Å². The third kappa shape index (κ3) is 8.55. The van der Waals surface area contributed by atoms with Crippen LogP contribution in [0.2, 0.25) is 0 Å². The van der Waals surface area contributed by atoms with Crippen LogP contribution < -0.4 is 4.74 Å². The molecule has 0 radical (unpaired) electrons. The SMILES string of the molecule is CCCCCCOc1ccc(-c2nn(-c3ccccc3)cc2/C=C2/C(=O)N(CCOCCOC(C)=O)C(=O)C(C#N)=C2C)cc1. The lowest BCUT2D eigenvalue weighted by Gasteiger charge is -2.27. The molecule has 0 atom stereocenters. The number of para-hydroxylation sites is 1. The Hall–Kier alpha value is -5.01. The van der Waals surface area contributed by atoms with Crippen molar-refractivity contribution in [2.45, 2.75) is 46.5 Å². The fraction of sp³-hybridized carbons (Fsp3) is 0.343. The molecule has 10 nitrogen and oxygen atoms in total. The molecule has 2 heterocycles. The lowest BCUT2D eigenvalue weighted by Crippen LogP contribution is -2.44. The molecule has 2 amide bonds. The lowest BCUT2D eigenvalue weighted by molar-refractivity contribution is -0.142. The van der Waals surface area contributed by atoms with Gasteiger partial charge in [0.05, 0.1) is 37.7 Å². The maximum atomic E-state index is 13.7. The van der Waals surface area contributed by atoms with E-state index in [1.807, 2.05) is 66.9 Å². The number of nitrogens with zero attached hydrogens (tertiary/aromatic N) is 4. The van der Waals surface area contributed by atoms with E-state index in [0.29, 0.717) is 23.4 Å². The van der Waals surface area contributed by atoms with Crippen LogP contribution >= 0.6 is 0 Å². The lowest BCUT2D eigenvalue weighted by atomic mass is 9.93. The minimum Gasteiger partial charge on any atom is -0.494 e. The van der Waals surface area contributed by atoms with Crippen LogP contribution in [0, 0.1) is 11.3 Å². The van der Waals surface area contributed by atoms with Crippen molar-refractivity contribution in [1.82, 2.24) is 14.7 Å². The van der Waals surface area contributed by atoms with Crippen LogP contribution in [-0.2, 0) is 23.9 Å². The number of hydrogen-bond acceptors (Lipinski definition) is 8. The quantitative estimate of drug-likeness (QED) is 0.0933. The second-order valence-electron chi connectivity index (χ2n) is 10.5. The molecule has 0 spiro atoms. The highest BCUT2D eigenvalue weighted by atomic mass is 16.6. The molecule has 234 valence electrons. The molecule has 0 saturated heterocycles. The van der Waals surface area contributed by atoms with E-state index in [0.717, 1.165) is 34.7 Å². The fourth-order valence-electron chi connectivity index (χ4n) is 4.85. The molecule has 1 aromatic heterocycles. The molecule has 0 N–H and O–H groups in total. The molecule has 0 saturated carbocycles. The van der Waals surface area contributed by atoms with Crippen LogP contribution in [0.4, 0.5) is 0 Å². The van der Waals surface area contributed by atoms with Gasteiger partial charge in [-0.05, 0) is 61.4 Å². The van der Waals surface area contributed by atoms with E-state index in [1.165, 1.54) is 19.8 Å². The van der Waals surface area contributed by atoms with Gasteiger partial charge in [0.2, 0.25) is 0 Å². The summed E-state index contributed by atoms with van der Waals surface area (Å²) in [4.78, 5) is 38.7. The number of imide groups is 1. The van der Waals surface area contributed by atoms with Crippen LogP contribution in [0.5, 0.6) is 5.75 Å². The Balaban J connectivity index is 1.64. The third-order valence-electron chi connectivity index (χ3n) is 7.28. The molecule has 3 aromatic rings. The molecule has 0 bridgehead atoms. The highest BCUT2D eigenvalue weighted by Gasteiger charge is 2.35. The summed E-state index contributed by atoms with van der Waals surface area (Å²) < 4.78 is 17.9. The summed E-state index contributed by atoms with van der Waals surface area (Å²) in [6.45, 7) is 5.86. The molecule has 10 heteroatoms. The number of nitriles is 1. The van der Waals surface area contributed by atoms with Gasteiger partial charge in [-0.3, -0.25) is 19.3 Å². The number of carbonyl (C=O) groups is 3. The Morgan fingerprint density at radius 1 is 0.956 bits per heavy atom. The van der Waals surface area contributed by atoms with E-state index in [-0.39, 0.29) is 37.5 Å². The van der Waals surface area contributed by atoms with E-state index >= 15 is 0 Å². The monoisotopic (exact) mass is 610 g/mol. The van der Waals surface area contributed by atoms with Crippen molar-refractivity contribution in [3.05, 3.63) is 83.1 Å². The number of carbonyl (C=O) groups excluding carboxylic acids is 3. The normalized spacial score (nSPS) is 14.2. The zero-order valence-electron chi connectivity index (χ0n) is 26.0. The Kier molecular flexibility index (Phi) is 11.8. The number of hydrogen-bond donors (Lipinski definition) is 0. The second-order valence-corrected chi connectivity index (χ2v) is 10.5. The zero-order chi connectivity index (χ0) is 32.2. The van der Waals surface area contributed by atoms with Crippen LogP contribution in [0.25, 0.3) is 23.0 Å². The Morgan fingerprint density at radius 3 is 2.40 bits per heavy atom. The van der Waals surface area contributed by atoms with E-state index in [2.05, 4.69) is 6.92 Å². The van der Waals surface area contributed by atoms with Gasteiger partial charge in [0, 0.05) is 29.8 Å². The Labute approximate surface area is 263 Å². The molecule has 1 aliphatic rings. The van der Waals surface area contributed by atoms with Gasteiger partial charge in [-0.2, -0.15) is 10.4 Å². The van der Waals surface area contributed by atoms with Gasteiger partial charge in [0.1, 0.15) is 24.0 Å². The smallest absolute Gasteiger partial charge is 0.302 e. The molecule has 0 aliphatic carbocycles.